The van der Waals surface area contributed by atoms with E-state index in [1.165, 1.54) is 4.80 Å². The normalized spacial score (nSPS) is 17.0. The summed E-state index contributed by atoms with van der Waals surface area (Å²) < 4.78 is 13.9. The van der Waals surface area contributed by atoms with E-state index in [-0.39, 0.29) is 11.9 Å². The van der Waals surface area contributed by atoms with Crippen LogP contribution in [0.5, 0.6) is 0 Å². The molecule has 0 bridgehead atoms. The highest BCUT2D eigenvalue weighted by Gasteiger charge is 2.21. The summed E-state index contributed by atoms with van der Waals surface area (Å²) in [7, 11) is 1.74. The number of nitrogens with zero attached hydrogens (tertiary/aromatic N) is 6. The van der Waals surface area contributed by atoms with Crippen LogP contribution >= 0.6 is 0 Å². The number of aromatic nitrogens is 4. The van der Waals surface area contributed by atoms with E-state index in [1.807, 2.05) is 13.0 Å². The Bertz CT molecular complexity index is 694. The number of nitrogens with one attached hydrogen (secondary N) is 1. The van der Waals surface area contributed by atoms with Gasteiger partial charge in [0.05, 0.1) is 13.6 Å². The van der Waals surface area contributed by atoms with E-state index in [4.69, 9.17) is 0 Å². The van der Waals surface area contributed by atoms with Crippen molar-refractivity contribution in [2.75, 3.05) is 37.6 Å². The lowest BCUT2D eigenvalue weighted by atomic mass is 10.0. The number of likely N-dealkylation sites (N-methyl/N-ethyl adjacent to an activating group) is 1. The molecule has 1 aromatic carbocycles. The molecule has 0 saturated carbocycles. The Morgan fingerprint density at radius 3 is 2.64 bits per heavy atom. The Morgan fingerprint density at radius 1 is 1.24 bits per heavy atom. The Kier molecular flexibility index (Phi) is 5.60. The third kappa shape index (κ3) is 4.32. The van der Waals surface area contributed by atoms with Crippen LogP contribution in [0.15, 0.2) is 18.2 Å². The van der Waals surface area contributed by atoms with Crippen LogP contribution in [0.25, 0.3) is 0 Å². The van der Waals surface area contributed by atoms with Gasteiger partial charge in [0.1, 0.15) is 5.82 Å². The number of hydrogen-bond acceptors (Lipinski definition) is 6. The van der Waals surface area contributed by atoms with Gasteiger partial charge in [-0.2, -0.15) is 4.80 Å². The molecule has 136 valence electrons. The van der Waals surface area contributed by atoms with Crippen molar-refractivity contribution in [3.63, 3.8) is 0 Å². The van der Waals surface area contributed by atoms with Crippen LogP contribution in [0.2, 0.25) is 0 Å². The van der Waals surface area contributed by atoms with Crippen molar-refractivity contribution in [2.24, 2.45) is 7.05 Å². The first-order chi connectivity index (χ1) is 12.1. The minimum absolute atomic E-state index is 0.0151. The molecule has 3 rings (SSSR count). The Labute approximate surface area is 147 Å². The van der Waals surface area contributed by atoms with E-state index < -0.39 is 0 Å². The Balaban J connectivity index is 1.72. The molecule has 8 heteroatoms. The lowest BCUT2D eigenvalue weighted by Gasteiger charge is -2.37. The van der Waals surface area contributed by atoms with E-state index >= 15 is 0 Å². The van der Waals surface area contributed by atoms with Gasteiger partial charge in [0.15, 0.2) is 5.82 Å². The van der Waals surface area contributed by atoms with Crippen LogP contribution in [0.4, 0.5) is 10.1 Å². The lowest BCUT2D eigenvalue weighted by molar-refractivity contribution is 0.271. The number of aryl methyl sites for hydroxylation is 1. The molecular weight excluding hydrogens is 321 g/mol. The van der Waals surface area contributed by atoms with Crippen LogP contribution in [0.1, 0.15) is 31.3 Å². The van der Waals surface area contributed by atoms with Crippen LogP contribution in [-0.4, -0.2) is 57.8 Å². The number of rotatable bonds is 6. The van der Waals surface area contributed by atoms with Crippen molar-refractivity contribution < 1.29 is 4.39 Å². The zero-order valence-corrected chi connectivity index (χ0v) is 15.1. The van der Waals surface area contributed by atoms with Crippen molar-refractivity contribution >= 4 is 5.69 Å². The molecule has 1 unspecified atom stereocenters. The van der Waals surface area contributed by atoms with Gasteiger partial charge in [-0.05, 0) is 42.4 Å². The van der Waals surface area contributed by atoms with Gasteiger partial charge >= 0.3 is 0 Å². The summed E-state index contributed by atoms with van der Waals surface area (Å²) >= 11 is 0. The number of hydrogen-bond donors (Lipinski definition) is 1. The molecule has 1 fully saturated rings. The number of anilines is 1. The third-order valence-electron chi connectivity index (χ3n) is 4.73. The zero-order chi connectivity index (χ0) is 17.8. The summed E-state index contributed by atoms with van der Waals surface area (Å²) in [5.74, 6) is 0.418. The first-order valence-corrected chi connectivity index (χ1v) is 8.80. The average molecular weight is 347 g/mol. The fourth-order valence-electron chi connectivity index (χ4n) is 3.21. The predicted octanol–water partition coefficient (Wildman–Crippen LogP) is 1.34. The molecule has 1 atom stereocenters. The van der Waals surface area contributed by atoms with Crippen LogP contribution in [-0.2, 0) is 13.6 Å². The molecule has 1 aliphatic rings. The highest BCUT2D eigenvalue weighted by Crippen LogP contribution is 2.28. The minimum Gasteiger partial charge on any atom is -0.369 e. The zero-order valence-electron chi connectivity index (χ0n) is 15.1. The van der Waals surface area contributed by atoms with E-state index in [2.05, 4.69) is 37.5 Å². The quantitative estimate of drug-likeness (QED) is 0.851. The first-order valence-electron chi connectivity index (χ1n) is 8.80. The second-order valence-corrected chi connectivity index (χ2v) is 6.42. The molecule has 0 radical (unpaired) electrons. The monoisotopic (exact) mass is 347 g/mol. The topological polar surface area (TPSA) is 62.1 Å². The maximum absolute atomic E-state index is 13.9. The third-order valence-corrected chi connectivity index (χ3v) is 4.73. The summed E-state index contributed by atoms with van der Waals surface area (Å²) in [6.45, 7) is 9.80. The first kappa shape index (κ1) is 17.8. The van der Waals surface area contributed by atoms with Gasteiger partial charge in [0.2, 0.25) is 0 Å². The van der Waals surface area contributed by atoms with Gasteiger partial charge < -0.3 is 15.1 Å². The van der Waals surface area contributed by atoms with Gasteiger partial charge in [-0.15, -0.1) is 10.2 Å². The van der Waals surface area contributed by atoms with Crippen LogP contribution < -0.4 is 10.2 Å². The molecule has 1 N–H and O–H groups in total. The lowest BCUT2D eigenvalue weighted by Crippen LogP contribution is -2.46. The van der Waals surface area contributed by atoms with Crippen molar-refractivity contribution in [3.8, 4) is 0 Å². The molecule has 7 nitrogen and oxygen atoms in total. The molecule has 0 amide bonds. The predicted molar refractivity (Wildman–Crippen MR) is 94.8 cm³/mol. The van der Waals surface area contributed by atoms with Crippen LogP contribution in [0, 0.1) is 5.82 Å². The smallest absolute Gasteiger partial charge is 0.188 e. The van der Waals surface area contributed by atoms with Crippen LogP contribution in [0.3, 0.4) is 0 Å². The van der Waals surface area contributed by atoms with Crippen molar-refractivity contribution in [1.29, 1.82) is 0 Å². The summed E-state index contributed by atoms with van der Waals surface area (Å²) in [5, 5.41) is 15.3. The summed E-state index contributed by atoms with van der Waals surface area (Å²) in [4.78, 5) is 6.21. The van der Waals surface area contributed by atoms with Crippen molar-refractivity contribution in [1.82, 2.24) is 30.4 Å². The number of benzene rings is 1. The molecule has 0 aliphatic carbocycles. The number of piperazine rings is 1. The number of tetrazole rings is 1. The molecule has 1 aromatic heterocycles. The highest BCUT2D eigenvalue weighted by atomic mass is 19.1. The fourth-order valence-corrected chi connectivity index (χ4v) is 3.21. The minimum atomic E-state index is -0.211. The molecule has 1 saturated heterocycles. The molecular formula is C17H26FN7. The molecule has 1 aliphatic heterocycles. The number of halogens is 1. The molecule has 25 heavy (non-hydrogen) atoms. The van der Waals surface area contributed by atoms with Crippen molar-refractivity contribution in [3.05, 3.63) is 35.4 Å². The van der Waals surface area contributed by atoms with E-state index in [1.54, 1.807) is 19.2 Å². The van der Waals surface area contributed by atoms with Gasteiger partial charge in [-0.3, -0.25) is 0 Å². The largest absolute Gasteiger partial charge is 0.369 e. The van der Waals surface area contributed by atoms with E-state index in [0.717, 1.165) is 44.0 Å². The van der Waals surface area contributed by atoms with Gasteiger partial charge in [0, 0.05) is 37.9 Å². The van der Waals surface area contributed by atoms with Gasteiger partial charge in [-0.25, -0.2) is 4.39 Å². The molecule has 2 heterocycles. The Morgan fingerprint density at radius 2 is 2.00 bits per heavy atom. The standard InChI is InChI=1S/C17H26FN7/c1-4-24-7-9-25(10-8-24)16-6-5-14(18)11-15(16)13(2)19-12-17-20-22-23(3)21-17/h5-6,11,13,19H,4,7-10,12H2,1-3H3. The molecule has 0 spiro atoms. The summed E-state index contributed by atoms with van der Waals surface area (Å²) in [5.41, 5.74) is 2.07. The Hall–Kier alpha value is -2.06. The molecule has 2 aromatic rings. The van der Waals surface area contributed by atoms with Gasteiger partial charge in [0.25, 0.3) is 0 Å². The fraction of sp³-hybridized carbons (Fsp3) is 0.588. The van der Waals surface area contributed by atoms with Crippen molar-refractivity contribution in [2.45, 2.75) is 26.4 Å². The average Bonchev–Trinajstić information content (AvgIpc) is 3.05. The highest BCUT2D eigenvalue weighted by molar-refractivity contribution is 5.55. The maximum Gasteiger partial charge on any atom is 0.188 e. The maximum atomic E-state index is 13.9. The second kappa shape index (κ2) is 7.88. The van der Waals surface area contributed by atoms with Gasteiger partial charge in [-0.1, -0.05) is 6.92 Å². The van der Waals surface area contributed by atoms with E-state index in [0.29, 0.717) is 12.4 Å². The summed E-state index contributed by atoms with van der Waals surface area (Å²) in [6.07, 6.45) is 0. The van der Waals surface area contributed by atoms with E-state index in [9.17, 15) is 4.39 Å². The summed E-state index contributed by atoms with van der Waals surface area (Å²) in [6, 6.07) is 5.05. The SMILES string of the molecule is CCN1CCN(c2ccc(F)cc2C(C)NCc2nnn(C)n2)CC1. The second-order valence-electron chi connectivity index (χ2n) is 6.42.